The van der Waals surface area contributed by atoms with Gasteiger partial charge in [0, 0.05) is 26.1 Å². The number of nitrogens with zero attached hydrogens (tertiary/aromatic N) is 2. The van der Waals surface area contributed by atoms with Crippen LogP contribution in [0.1, 0.15) is 45.6 Å². The van der Waals surface area contributed by atoms with Crippen molar-refractivity contribution in [2.45, 2.75) is 52.6 Å². The summed E-state index contributed by atoms with van der Waals surface area (Å²) >= 11 is 18.5. The Hall–Kier alpha value is -2.20. The zero-order chi connectivity index (χ0) is 29.3. The molecule has 2 aromatic rings. The van der Waals surface area contributed by atoms with Gasteiger partial charge in [-0.2, -0.15) is 0 Å². The number of hydrogen-bond acceptors (Lipinski definition) is 5. The van der Waals surface area contributed by atoms with E-state index < -0.39 is 16.1 Å². The number of ether oxygens (including phenoxy) is 1. The van der Waals surface area contributed by atoms with Crippen LogP contribution in [-0.4, -0.2) is 57.6 Å². The van der Waals surface area contributed by atoms with E-state index in [-0.39, 0.29) is 48.7 Å². The largest absolute Gasteiger partial charge is 0.495 e. The van der Waals surface area contributed by atoms with Gasteiger partial charge < -0.3 is 15.0 Å². The van der Waals surface area contributed by atoms with Crippen LogP contribution in [0.2, 0.25) is 15.1 Å². The van der Waals surface area contributed by atoms with Crippen molar-refractivity contribution in [1.29, 1.82) is 0 Å². The molecule has 0 aliphatic heterocycles. The molecule has 0 fully saturated rings. The van der Waals surface area contributed by atoms with Gasteiger partial charge in [0.1, 0.15) is 11.8 Å². The van der Waals surface area contributed by atoms with Crippen LogP contribution in [0.4, 0.5) is 5.69 Å². The second-order valence-corrected chi connectivity index (χ2v) is 12.7. The first kappa shape index (κ1) is 33.0. The number of methoxy groups -OCH3 is 1. The molecule has 216 valence electrons. The third kappa shape index (κ3) is 9.74. The van der Waals surface area contributed by atoms with Crippen molar-refractivity contribution in [3.8, 4) is 5.75 Å². The van der Waals surface area contributed by atoms with Crippen molar-refractivity contribution in [3.63, 3.8) is 0 Å². The number of carbonyl (C=O) groups is 2. The Kier molecular flexibility index (Phi) is 12.7. The minimum atomic E-state index is -3.66. The number of benzene rings is 2. The number of nitrogens with one attached hydrogen (secondary N) is 1. The van der Waals surface area contributed by atoms with E-state index in [2.05, 4.69) is 5.32 Å². The lowest BCUT2D eigenvalue weighted by molar-refractivity contribution is -0.141. The highest BCUT2D eigenvalue weighted by molar-refractivity contribution is 7.92. The quantitative estimate of drug-likeness (QED) is 0.289. The molecule has 8 nitrogen and oxygen atoms in total. The van der Waals surface area contributed by atoms with Crippen LogP contribution in [0, 0.1) is 5.92 Å². The minimum absolute atomic E-state index is 0.0190. The van der Waals surface area contributed by atoms with Crippen molar-refractivity contribution in [2.24, 2.45) is 5.92 Å². The van der Waals surface area contributed by atoms with Gasteiger partial charge in [0.25, 0.3) is 0 Å². The third-order valence-corrected chi connectivity index (χ3v) is 8.21. The van der Waals surface area contributed by atoms with Crippen LogP contribution in [0.15, 0.2) is 36.4 Å². The lowest BCUT2D eigenvalue weighted by Crippen LogP contribution is -2.49. The Morgan fingerprint density at radius 1 is 1.03 bits per heavy atom. The highest BCUT2D eigenvalue weighted by atomic mass is 35.5. The number of anilines is 1. The Labute approximate surface area is 246 Å². The van der Waals surface area contributed by atoms with Gasteiger partial charge in [-0.25, -0.2) is 8.42 Å². The molecule has 0 spiro atoms. The summed E-state index contributed by atoms with van der Waals surface area (Å²) in [6.07, 6.45) is 1.73. The van der Waals surface area contributed by atoms with Crippen LogP contribution >= 0.6 is 34.8 Å². The Morgan fingerprint density at radius 2 is 1.72 bits per heavy atom. The van der Waals surface area contributed by atoms with E-state index in [9.17, 15) is 18.0 Å². The number of hydrogen-bond donors (Lipinski definition) is 1. The molecule has 2 aromatic carbocycles. The van der Waals surface area contributed by atoms with Gasteiger partial charge in [0.15, 0.2) is 0 Å². The highest BCUT2D eigenvalue weighted by Gasteiger charge is 2.29. The molecule has 0 heterocycles. The van der Waals surface area contributed by atoms with E-state index in [4.69, 9.17) is 39.5 Å². The second kappa shape index (κ2) is 15.0. The molecule has 0 aliphatic rings. The summed E-state index contributed by atoms with van der Waals surface area (Å²) < 4.78 is 31.5. The van der Waals surface area contributed by atoms with Crippen molar-refractivity contribution in [3.05, 3.63) is 57.0 Å². The fourth-order valence-corrected chi connectivity index (χ4v) is 5.52. The van der Waals surface area contributed by atoms with Gasteiger partial charge in [-0.05, 0) is 54.7 Å². The number of halogens is 3. The predicted molar refractivity (Wildman–Crippen MR) is 158 cm³/mol. The first-order valence-corrected chi connectivity index (χ1v) is 15.6. The topological polar surface area (TPSA) is 96.0 Å². The molecule has 0 saturated heterocycles. The molecule has 2 amide bonds. The predicted octanol–water partition coefficient (Wildman–Crippen LogP) is 5.78. The van der Waals surface area contributed by atoms with E-state index in [1.54, 1.807) is 30.3 Å². The summed E-state index contributed by atoms with van der Waals surface area (Å²) in [5.41, 5.74) is 1.08. The molecular weight excluding hydrogens is 585 g/mol. The fraction of sp³-hybridized carbons (Fsp3) is 0.481. The maximum atomic E-state index is 13.5. The molecular formula is C27H36Cl3N3O5S. The van der Waals surface area contributed by atoms with Crippen LogP contribution in [-0.2, 0) is 26.2 Å². The van der Waals surface area contributed by atoms with Gasteiger partial charge in [-0.15, -0.1) is 0 Å². The smallest absolute Gasteiger partial charge is 0.242 e. The molecule has 0 radical (unpaired) electrons. The van der Waals surface area contributed by atoms with Crippen LogP contribution < -0.4 is 14.4 Å². The number of carbonyl (C=O) groups excluding carboxylic acids is 2. The zero-order valence-corrected chi connectivity index (χ0v) is 25.9. The van der Waals surface area contributed by atoms with Crippen molar-refractivity contribution >= 4 is 62.3 Å². The average molecular weight is 621 g/mol. The monoisotopic (exact) mass is 619 g/mol. The van der Waals surface area contributed by atoms with Gasteiger partial charge in [0.2, 0.25) is 21.8 Å². The highest BCUT2D eigenvalue weighted by Crippen LogP contribution is 2.30. The van der Waals surface area contributed by atoms with E-state index in [0.717, 1.165) is 11.8 Å². The summed E-state index contributed by atoms with van der Waals surface area (Å²) in [4.78, 5) is 28.1. The lowest BCUT2D eigenvalue weighted by Gasteiger charge is -2.31. The summed E-state index contributed by atoms with van der Waals surface area (Å²) in [5, 5.41) is 3.92. The van der Waals surface area contributed by atoms with Crippen LogP contribution in [0.25, 0.3) is 0 Å². The molecule has 0 unspecified atom stereocenters. The summed E-state index contributed by atoms with van der Waals surface area (Å²) in [5.74, 6) is 0.140. The van der Waals surface area contributed by atoms with Gasteiger partial charge in [-0.3, -0.25) is 13.9 Å². The second-order valence-electron chi connectivity index (χ2n) is 9.59. The average Bonchev–Trinajstić information content (AvgIpc) is 2.86. The summed E-state index contributed by atoms with van der Waals surface area (Å²) in [6, 6.07) is 9.04. The number of sulfonamides is 1. The molecule has 2 rings (SSSR count). The molecule has 0 aromatic heterocycles. The molecule has 0 bridgehead atoms. The van der Waals surface area contributed by atoms with Gasteiger partial charge in [0.05, 0.1) is 34.1 Å². The Morgan fingerprint density at radius 3 is 2.26 bits per heavy atom. The number of rotatable bonds is 14. The molecule has 1 N–H and O–H groups in total. The SMILES string of the molecule is CC[C@H](C(=O)NCC(C)C)N(Cc1ccc(Cl)c(Cl)c1)C(=O)CCCN(c1ccc(OC)c(Cl)c1)S(C)(=O)=O. The molecule has 39 heavy (non-hydrogen) atoms. The summed E-state index contributed by atoms with van der Waals surface area (Å²) in [7, 11) is -2.19. The van der Waals surface area contributed by atoms with Crippen LogP contribution in [0.5, 0.6) is 5.75 Å². The Balaban J connectivity index is 2.26. The molecule has 12 heteroatoms. The van der Waals surface area contributed by atoms with Gasteiger partial charge >= 0.3 is 0 Å². The van der Waals surface area contributed by atoms with E-state index in [1.807, 2.05) is 20.8 Å². The van der Waals surface area contributed by atoms with Gasteiger partial charge in [-0.1, -0.05) is 61.6 Å². The van der Waals surface area contributed by atoms with Crippen molar-refractivity contribution in [2.75, 3.05) is 30.8 Å². The molecule has 0 saturated carbocycles. The maximum absolute atomic E-state index is 13.5. The normalized spacial score (nSPS) is 12.2. The first-order valence-electron chi connectivity index (χ1n) is 12.6. The lowest BCUT2D eigenvalue weighted by atomic mass is 10.1. The Bertz CT molecular complexity index is 1260. The zero-order valence-electron chi connectivity index (χ0n) is 22.8. The number of amides is 2. The third-order valence-electron chi connectivity index (χ3n) is 5.98. The summed E-state index contributed by atoms with van der Waals surface area (Å²) in [6.45, 7) is 6.50. The minimum Gasteiger partial charge on any atom is -0.495 e. The van der Waals surface area contributed by atoms with E-state index >= 15 is 0 Å². The van der Waals surface area contributed by atoms with E-state index in [0.29, 0.717) is 34.4 Å². The van der Waals surface area contributed by atoms with Crippen molar-refractivity contribution < 1.29 is 22.7 Å². The molecule has 0 aliphatic carbocycles. The molecule has 1 atom stereocenters. The standard InChI is InChI=1S/C27H36Cl3N3O5S/c1-6-24(27(35)31-16-18(2)3)32(17-19-9-11-21(28)22(29)14-19)26(34)8-7-13-33(39(5,36)37)20-10-12-25(38-4)23(30)15-20/h9-12,14-15,18,24H,6-8,13,16-17H2,1-5H3,(H,31,35)/t24-/m1/s1. The first-order chi connectivity index (χ1) is 18.3. The van der Waals surface area contributed by atoms with Crippen LogP contribution in [0.3, 0.4) is 0 Å². The van der Waals surface area contributed by atoms with E-state index in [1.165, 1.54) is 22.4 Å². The maximum Gasteiger partial charge on any atom is 0.242 e. The fourth-order valence-electron chi connectivity index (χ4n) is 3.99. The van der Waals surface area contributed by atoms with Crippen molar-refractivity contribution in [1.82, 2.24) is 10.2 Å².